The summed E-state index contributed by atoms with van der Waals surface area (Å²) < 4.78 is 0. The van der Waals surface area contributed by atoms with Crippen molar-refractivity contribution < 1.29 is 19.2 Å². The Morgan fingerprint density at radius 1 is 0.846 bits per heavy atom. The van der Waals surface area contributed by atoms with Crippen LogP contribution >= 0.6 is 0 Å². The van der Waals surface area contributed by atoms with E-state index in [1.165, 1.54) is 4.90 Å². The van der Waals surface area contributed by atoms with Crippen molar-refractivity contribution in [3.05, 3.63) is 41.5 Å². The molecule has 1 aliphatic rings. The molecule has 0 atom stereocenters. The van der Waals surface area contributed by atoms with E-state index in [2.05, 4.69) is 20.9 Å². The van der Waals surface area contributed by atoms with Crippen LogP contribution < -0.4 is 27.4 Å². The lowest BCUT2D eigenvalue weighted by molar-refractivity contribution is -0.121. The zero-order valence-corrected chi connectivity index (χ0v) is 22.8. The molecule has 2 aromatic carbocycles. The molecule has 39 heavy (non-hydrogen) atoms. The average molecular weight is 540 g/mol. The van der Waals surface area contributed by atoms with E-state index in [9.17, 15) is 19.2 Å². The molecule has 2 aromatic rings. The summed E-state index contributed by atoms with van der Waals surface area (Å²) in [7, 11) is 0. The van der Waals surface area contributed by atoms with E-state index in [1.54, 1.807) is 12.1 Å². The summed E-state index contributed by atoms with van der Waals surface area (Å²) in [6.45, 7) is 6.15. The van der Waals surface area contributed by atoms with E-state index >= 15 is 0 Å². The number of rotatable bonds is 17. The van der Waals surface area contributed by atoms with E-state index in [0.717, 1.165) is 23.9 Å². The molecule has 3 rings (SSSR count). The van der Waals surface area contributed by atoms with E-state index < -0.39 is 0 Å². The van der Waals surface area contributed by atoms with Gasteiger partial charge < -0.3 is 32.3 Å². The monoisotopic (exact) mass is 539 g/mol. The quantitative estimate of drug-likeness (QED) is 0.185. The topological polar surface area (TPSA) is 163 Å². The van der Waals surface area contributed by atoms with Gasteiger partial charge in [-0.05, 0) is 24.6 Å². The molecule has 11 heteroatoms. The number of hydrogen-bond acceptors (Lipinski definition) is 8. The number of anilines is 1. The van der Waals surface area contributed by atoms with Gasteiger partial charge in [0, 0.05) is 99.3 Å². The third-order valence-electron chi connectivity index (χ3n) is 6.71. The summed E-state index contributed by atoms with van der Waals surface area (Å²) in [6.07, 6.45) is 2.25. The van der Waals surface area contributed by atoms with Crippen LogP contribution in [0.3, 0.4) is 0 Å². The summed E-state index contributed by atoms with van der Waals surface area (Å²) >= 11 is 0. The fourth-order valence-corrected chi connectivity index (χ4v) is 4.62. The first kappa shape index (κ1) is 30.0. The second-order valence-electron chi connectivity index (χ2n) is 9.55. The van der Waals surface area contributed by atoms with Crippen molar-refractivity contribution in [2.75, 3.05) is 64.2 Å². The number of carbonyl (C=O) groups is 4. The summed E-state index contributed by atoms with van der Waals surface area (Å²) in [5.74, 6) is -0.680. The van der Waals surface area contributed by atoms with Crippen molar-refractivity contribution in [2.45, 2.75) is 32.6 Å². The smallest absolute Gasteiger partial charge is 0.261 e. The number of amides is 4. The van der Waals surface area contributed by atoms with Gasteiger partial charge in [-0.3, -0.25) is 24.1 Å². The molecule has 1 aliphatic heterocycles. The number of carbonyl (C=O) groups excluding carboxylic acids is 4. The SMILES string of the molecule is CCCCN1C(=O)c2cccc3c(NCCN(CCC(=O)NCCN)CCC(=O)NCCN)ccc(c23)C1=O. The maximum absolute atomic E-state index is 13.1. The molecule has 7 N–H and O–H groups in total. The number of benzene rings is 2. The highest BCUT2D eigenvalue weighted by Crippen LogP contribution is 2.34. The summed E-state index contributed by atoms with van der Waals surface area (Å²) in [5.41, 5.74) is 12.8. The first-order valence-corrected chi connectivity index (χ1v) is 13.7. The van der Waals surface area contributed by atoms with Crippen molar-refractivity contribution in [1.82, 2.24) is 20.4 Å². The average Bonchev–Trinajstić information content (AvgIpc) is 2.94. The Hall–Kier alpha value is -3.54. The predicted octanol–water partition coefficient (Wildman–Crippen LogP) is 0.880. The Kier molecular flexibility index (Phi) is 11.7. The number of nitrogens with two attached hydrogens (primary N) is 2. The Morgan fingerprint density at radius 3 is 2.05 bits per heavy atom. The van der Waals surface area contributed by atoms with Crippen LogP contribution in [0.2, 0.25) is 0 Å². The van der Waals surface area contributed by atoms with Crippen molar-refractivity contribution in [3.8, 4) is 0 Å². The third kappa shape index (κ3) is 7.98. The highest BCUT2D eigenvalue weighted by molar-refractivity contribution is 6.26. The minimum Gasteiger partial charge on any atom is -0.383 e. The molecule has 212 valence electrons. The standard InChI is InChI=1S/C28H41N7O4/c1-2-3-16-35-27(38)21-6-4-5-20-23(8-7-22(26(20)21)28(35)39)31-15-19-34(17-9-24(36)32-13-11-29)18-10-25(37)33-14-12-30/h4-8,31H,2-3,9-19,29-30H2,1H3,(H,32,36)(H,33,37). The molecule has 0 radical (unpaired) electrons. The molecular formula is C28H41N7O4. The number of nitrogens with zero attached hydrogens (tertiary/aromatic N) is 2. The Bertz CT molecular complexity index is 1120. The van der Waals surface area contributed by atoms with E-state index in [-0.39, 0.29) is 23.6 Å². The molecule has 1 heterocycles. The minimum atomic E-state index is -0.254. The number of unbranched alkanes of at least 4 members (excludes halogenated alkanes) is 1. The molecule has 11 nitrogen and oxygen atoms in total. The molecular weight excluding hydrogens is 498 g/mol. The van der Waals surface area contributed by atoms with Crippen LogP contribution in [-0.2, 0) is 9.59 Å². The van der Waals surface area contributed by atoms with Gasteiger partial charge in [-0.1, -0.05) is 25.5 Å². The molecule has 0 unspecified atom stereocenters. The fourth-order valence-electron chi connectivity index (χ4n) is 4.62. The second kappa shape index (κ2) is 15.2. The third-order valence-corrected chi connectivity index (χ3v) is 6.71. The first-order chi connectivity index (χ1) is 18.9. The molecule has 0 saturated heterocycles. The summed E-state index contributed by atoms with van der Waals surface area (Å²) in [5, 5.41) is 10.5. The predicted molar refractivity (Wildman–Crippen MR) is 153 cm³/mol. The second-order valence-corrected chi connectivity index (χ2v) is 9.55. The van der Waals surface area contributed by atoms with Gasteiger partial charge in [0.15, 0.2) is 0 Å². The Morgan fingerprint density at radius 2 is 1.46 bits per heavy atom. The van der Waals surface area contributed by atoms with Gasteiger partial charge in [-0.2, -0.15) is 0 Å². The number of hydrogen-bond donors (Lipinski definition) is 5. The van der Waals surface area contributed by atoms with Crippen molar-refractivity contribution in [3.63, 3.8) is 0 Å². The van der Waals surface area contributed by atoms with Crippen LogP contribution in [0.15, 0.2) is 30.3 Å². The summed E-state index contributed by atoms with van der Waals surface area (Å²) in [4.78, 5) is 53.8. The van der Waals surface area contributed by atoms with Gasteiger partial charge in [-0.25, -0.2) is 0 Å². The van der Waals surface area contributed by atoms with Gasteiger partial charge in [0.1, 0.15) is 0 Å². The van der Waals surface area contributed by atoms with Crippen LogP contribution in [-0.4, -0.2) is 92.3 Å². The largest absolute Gasteiger partial charge is 0.383 e. The van der Waals surface area contributed by atoms with Crippen molar-refractivity contribution in [2.24, 2.45) is 11.5 Å². The first-order valence-electron chi connectivity index (χ1n) is 13.7. The lowest BCUT2D eigenvalue weighted by Gasteiger charge is -2.28. The summed E-state index contributed by atoms with van der Waals surface area (Å²) in [6, 6.07) is 9.18. The molecule has 0 fully saturated rings. The van der Waals surface area contributed by atoms with Crippen LogP contribution in [0.1, 0.15) is 53.3 Å². The zero-order chi connectivity index (χ0) is 28.2. The maximum Gasteiger partial charge on any atom is 0.261 e. The lowest BCUT2D eigenvalue weighted by Crippen LogP contribution is -2.40. The number of nitrogens with one attached hydrogen (secondary N) is 3. The lowest BCUT2D eigenvalue weighted by atomic mass is 9.93. The minimum absolute atomic E-state index is 0.0862. The number of imide groups is 1. The zero-order valence-electron chi connectivity index (χ0n) is 22.8. The van der Waals surface area contributed by atoms with Gasteiger partial charge in [0.05, 0.1) is 0 Å². The van der Waals surface area contributed by atoms with Gasteiger partial charge in [0.25, 0.3) is 11.8 Å². The van der Waals surface area contributed by atoms with Gasteiger partial charge in [0.2, 0.25) is 11.8 Å². The molecule has 0 aliphatic carbocycles. The van der Waals surface area contributed by atoms with Gasteiger partial charge in [-0.15, -0.1) is 0 Å². The fraction of sp³-hybridized carbons (Fsp3) is 0.500. The normalized spacial score (nSPS) is 12.8. The molecule has 0 spiro atoms. The Labute approximate surface area is 229 Å². The molecule has 4 amide bonds. The Balaban J connectivity index is 1.69. The highest BCUT2D eigenvalue weighted by Gasteiger charge is 2.32. The van der Waals surface area contributed by atoms with E-state index in [4.69, 9.17) is 11.5 Å². The maximum atomic E-state index is 13.1. The van der Waals surface area contributed by atoms with Gasteiger partial charge >= 0.3 is 0 Å². The van der Waals surface area contributed by atoms with E-state index in [1.807, 2.05) is 25.1 Å². The van der Waals surface area contributed by atoms with Crippen LogP contribution in [0.25, 0.3) is 10.8 Å². The van der Waals surface area contributed by atoms with Crippen molar-refractivity contribution in [1.29, 1.82) is 0 Å². The molecule has 0 bridgehead atoms. The van der Waals surface area contributed by atoms with Crippen LogP contribution in [0, 0.1) is 0 Å². The molecule has 0 aromatic heterocycles. The highest BCUT2D eigenvalue weighted by atomic mass is 16.2. The van der Waals surface area contributed by atoms with E-state index in [0.29, 0.717) is 88.3 Å². The van der Waals surface area contributed by atoms with Crippen LogP contribution in [0.4, 0.5) is 5.69 Å². The van der Waals surface area contributed by atoms with Crippen LogP contribution in [0.5, 0.6) is 0 Å². The molecule has 0 saturated carbocycles. The van der Waals surface area contributed by atoms with Crippen molar-refractivity contribution >= 4 is 40.1 Å².